The quantitative estimate of drug-likeness (QED) is 0.461. The predicted octanol–water partition coefficient (Wildman–Crippen LogP) is 5.27. The van der Waals surface area contributed by atoms with Gasteiger partial charge in [-0.2, -0.15) is 0 Å². The number of rotatable bonds is 3. The van der Waals surface area contributed by atoms with E-state index >= 15 is 0 Å². The number of imidazole rings is 1. The molecule has 3 aromatic heterocycles. The summed E-state index contributed by atoms with van der Waals surface area (Å²) in [5, 5.41) is 5.19. The summed E-state index contributed by atoms with van der Waals surface area (Å²) in [6.07, 6.45) is 7.52. The van der Waals surface area contributed by atoms with E-state index in [4.69, 9.17) is 16.6 Å². The van der Waals surface area contributed by atoms with Crippen LogP contribution in [-0.4, -0.2) is 19.4 Å². The van der Waals surface area contributed by atoms with Crippen molar-refractivity contribution in [3.8, 4) is 11.3 Å². The number of aromatic amines is 1. The van der Waals surface area contributed by atoms with Gasteiger partial charge in [-0.3, -0.25) is 0 Å². The first-order valence-corrected chi connectivity index (χ1v) is 8.58. The van der Waals surface area contributed by atoms with E-state index in [1.54, 1.807) is 6.20 Å². The van der Waals surface area contributed by atoms with Gasteiger partial charge in [0.05, 0.1) is 10.7 Å². The lowest BCUT2D eigenvalue weighted by atomic mass is 10.1. The van der Waals surface area contributed by atoms with Crippen LogP contribution in [0.1, 0.15) is 0 Å². The van der Waals surface area contributed by atoms with Gasteiger partial charge in [-0.1, -0.05) is 29.8 Å². The lowest BCUT2D eigenvalue weighted by Crippen LogP contribution is -2.00. The fourth-order valence-corrected chi connectivity index (χ4v) is 3.31. The SMILES string of the molecule is Clc1ccccc1-c1cn2ccnc2c(Nc2ccc3[nH]ccc3c2)n1. The Morgan fingerprint density at radius 3 is 2.92 bits per heavy atom. The molecule has 0 aliphatic rings. The van der Waals surface area contributed by atoms with Crippen LogP contribution in [0, 0.1) is 0 Å². The summed E-state index contributed by atoms with van der Waals surface area (Å²) in [5.41, 5.74) is 4.47. The first-order chi connectivity index (χ1) is 12.8. The summed E-state index contributed by atoms with van der Waals surface area (Å²) < 4.78 is 1.95. The highest BCUT2D eigenvalue weighted by Crippen LogP contribution is 2.29. The zero-order valence-electron chi connectivity index (χ0n) is 13.6. The van der Waals surface area contributed by atoms with Gasteiger partial charge >= 0.3 is 0 Å². The molecule has 26 heavy (non-hydrogen) atoms. The van der Waals surface area contributed by atoms with E-state index in [2.05, 4.69) is 21.4 Å². The topological polar surface area (TPSA) is 58.0 Å². The molecular weight excluding hydrogens is 346 g/mol. The van der Waals surface area contributed by atoms with Crippen molar-refractivity contribution in [1.82, 2.24) is 19.4 Å². The molecule has 0 saturated heterocycles. The van der Waals surface area contributed by atoms with Crippen LogP contribution < -0.4 is 5.32 Å². The summed E-state index contributed by atoms with van der Waals surface area (Å²) in [4.78, 5) is 12.4. The van der Waals surface area contributed by atoms with E-state index < -0.39 is 0 Å². The number of hydrogen-bond acceptors (Lipinski definition) is 3. The average molecular weight is 360 g/mol. The van der Waals surface area contributed by atoms with Crippen molar-refractivity contribution in [2.24, 2.45) is 0 Å². The molecule has 126 valence electrons. The molecule has 6 heteroatoms. The molecule has 0 amide bonds. The Morgan fingerprint density at radius 1 is 1.08 bits per heavy atom. The summed E-state index contributed by atoms with van der Waals surface area (Å²) in [6.45, 7) is 0. The molecule has 0 saturated carbocycles. The van der Waals surface area contributed by atoms with Gasteiger partial charge < -0.3 is 14.7 Å². The Balaban J connectivity index is 1.64. The Bertz CT molecular complexity index is 1240. The number of anilines is 2. The second-order valence-electron chi connectivity index (χ2n) is 6.02. The molecule has 5 rings (SSSR count). The number of aromatic nitrogens is 4. The van der Waals surface area contributed by atoms with Gasteiger partial charge in [0, 0.05) is 46.9 Å². The second-order valence-corrected chi connectivity index (χ2v) is 6.42. The van der Waals surface area contributed by atoms with Crippen LogP contribution in [0.25, 0.3) is 27.8 Å². The number of halogens is 1. The van der Waals surface area contributed by atoms with E-state index in [0.29, 0.717) is 10.8 Å². The Hall–Kier alpha value is -3.31. The summed E-state index contributed by atoms with van der Waals surface area (Å²) >= 11 is 6.36. The number of H-pyrrole nitrogens is 1. The highest BCUT2D eigenvalue weighted by Gasteiger charge is 2.11. The third-order valence-corrected chi connectivity index (χ3v) is 4.67. The van der Waals surface area contributed by atoms with Crippen LogP contribution in [0.4, 0.5) is 11.5 Å². The van der Waals surface area contributed by atoms with Crippen LogP contribution in [0.15, 0.2) is 73.3 Å². The van der Waals surface area contributed by atoms with E-state index in [0.717, 1.165) is 33.5 Å². The molecule has 0 aliphatic carbocycles. The summed E-state index contributed by atoms with van der Waals surface area (Å²) in [6, 6.07) is 15.9. The molecule has 0 atom stereocenters. The van der Waals surface area contributed by atoms with Gasteiger partial charge in [-0.25, -0.2) is 9.97 Å². The minimum absolute atomic E-state index is 0.666. The van der Waals surface area contributed by atoms with Gasteiger partial charge in [0.2, 0.25) is 0 Å². The summed E-state index contributed by atoms with van der Waals surface area (Å²) in [5.74, 6) is 0.683. The molecule has 5 nitrogen and oxygen atoms in total. The maximum absolute atomic E-state index is 6.36. The van der Waals surface area contributed by atoms with E-state index in [1.165, 1.54) is 0 Å². The minimum Gasteiger partial charge on any atom is -0.361 e. The largest absolute Gasteiger partial charge is 0.361 e. The highest BCUT2D eigenvalue weighted by molar-refractivity contribution is 6.33. The van der Waals surface area contributed by atoms with Crippen molar-refractivity contribution < 1.29 is 0 Å². The number of nitrogens with zero attached hydrogens (tertiary/aromatic N) is 3. The smallest absolute Gasteiger partial charge is 0.180 e. The molecule has 0 radical (unpaired) electrons. The van der Waals surface area contributed by atoms with Crippen molar-refractivity contribution in [3.63, 3.8) is 0 Å². The average Bonchev–Trinajstić information content (AvgIpc) is 3.30. The monoisotopic (exact) mass is 359 g/mol. The standard InChI is InChI=1S/C20H14ClN5/c21-16-4-2-1-3-15(16)18-12-26-10-9-23-20(26)19(25-18)24-14-5-6-17-13(11-14)7-8-22-17/h1-12,22H,(H,24,25). The van der Waals surface area contributed by atoms with E-state index in [-0.39, 0.29) is 0 Å². The van der Waals surface area contributed by atoms with Crippen LogP contribution in [-0.2, 0) is 0 Å². The maximum atomic E-state index is 6.36. The van der Waals surface area contributed by atoms with Gasteiger partial charge in [0.1, 0.15) is 0 Å². The third-order valence-electron chi connectivity index (χ3n) is 4.34. The van der Waals surface area contributed by atoms with Gasteiger partial charge in [0.15, 0.2) is 11.5 Å². The molecule has 0 aliphatic heterocycles. The molecule has 0 bridgehead atoms. The first-order valence-electron chi connectivity index (χ1n) is 8.21. The zero-order chi connectivity index (χ0) is 17.5. The first kappa shape index (κ1) is 15.0. The van der Waals surface area contributed by atoms with Crippen molar-refractivity contribution >= 4 is 39.7 Å². The number of benzene rings is 2. The number of hydrogen-bond donors (Lipinski definition) is 2. The fraction of sp³-hybridized carbons (Fsp3) is 0. The lowest BCUT2D eigenvalue weighted by molar-refractivity contribution is 1.13. The molecule has 2 N–H and O–H groups in total. The van der Waals surface area contributed by atoms with Crippen LogP contribution >= 0.6 is 11.6 Å². The Labute approximate surface area is 154 Å². The van der Waals surface area contributed by atoms with Crippen LogP contribution in [0.3, 0.4) is 0 Å². The van der Waals surface area contributed by atoms with E-state index in [1.807, 2.05) is 65.5 Å². The molecule has 3 heterocycles. The zero-order valence-corrected chi connectivity index (χ0v) is 14.4. The van der Waals surface area contributed by atoms with Crippen LogP contribution in [0.5, 0.6) is 0 Å². The van der Waals surface area contributed by atoms with E-state index in [9.17, 15) is 0 Å². The van der Waals surface area contributed by atoms with Crippen LogP contribution in [0.2, 0.25) is 5.02 Å². The lowest BCUT2D eigenvalue weighted by Gasteiger charge is -2.11. The third kappa shape index (κ3) is 2.50. The van der Waals surface area contributed by atoms with Gasteiger partial charge in [-0.15, -0.1) is 0 Å². The predicted molar refractivity (Wildman–Crippen MR) is 105 cm³/mol. The van der Waals surface area contributed by atoms with Crippen molar-refractivity contribution in [2.45, 2.75) is 0 Å². The number of fused-ring (bicyclic) bond motifs is 2. The Morgan fingerprint density at radius 2 is 2.00 bits per heavy atom. The van der Waals surface area contributed by atoms with Crippen molar-refractivity contribution in [3.05, 3.63) is 78.3 Å². The molecule has 0 unspecified atom stereocenters. The van der Waals surface area contributed by atoms with Gasteiger partial charge in [0.25, 0.3) is 0 Å². The molecule has 0 fully saturated rings. The molecule has 0 spiro atoms. The molecule has 2 aromatic carbocycles. The van der Waals surface area contributed by atoms with Crippen molar-refractivity contribution in [1.29, 1.82) is 0 Å². The minimum atomic E-state index is 0.666. The molecular formula is C20H14ClN5. The molecule has 5 aromatic rings. The van der Waals surface area contributed by atoms with Crippen molar-refractivity contribution in [2.75, 3.05) is 5.32 Å². The second kappa shape index (κ2) is 5.89. The highest BCUT2D eigenvalue weighted by atomic mass is 35.5. The maximum Gasteiger partial charge on any atom is 0.180 e. The normalized spacial score (nSPS) is 11.3. The van der Waals surface area contributed by atoms with Gasteiger partial charge in [-0.05, 0) is 30.3 Å². The Kier molecular flexibility index (Phi) is 3.40. The summed E-state index contributed by atoms with van der Waals surface area (Å²) in [7, 11) is 0. The fourth-order valence-electron chi connectivity index (χ4n) is 3.08. The number of nitrogens with one attached hydrogen (secondary N) is 2.